The number of nitrogens with zero attached hydrogens (tertiary/aromatic N) is 4. The molecule has 0 aliphatic carbocycles. The Balaban J connectivity index is 1.62. The molecule has 1 amide bonds. The molecule has 32 heavy (non-hydrogen) atoms. The van der Waals surface area contributed by atoms with Crippen LogP contribution in [0.2, 0.25) is 0 Å². The first-order valence-electron chi connectivity index (χ1n) is 10.2. The molecule has 166 valence electrons. The normalized spacial score (nSPS) is 13.9. The van der Waals surface area contributed by atoms with Crippen LogP contribution in [0.5, 0.6) is 0 Å². The van der Waals surface area contributed by atoms with Crippen molar-refractivity contribution in [3.05, 3.63) is 59.8 Å². The number of hydrogen-bond donors (Lipinski definition) is 0. The SMILES string of the molecule is CCN(C(=O)CSc1ncc2c(n1)-c1cc(C)ccc1N(C)S2(=O)=O)c1cccc(C)c1. The van der Waals surface area contributed by atoms with Gasteiger partial charge in [-0.15, -0.1) is 0 Å². The predicted molar refractivity (Wildman–Crippen MR) is 128 cm³/mol. The fourth-order valence-electron chi connectivity index (χ4n) is 3.70. The number of thioether (sulfide) groups is 1. The number of sulfonamides is 1. The molecule has 1 aliphatic heterocycles. The van der Waals surface area contributed by atoms with E-state index in [9.17, 15) is 13.2 Å². The van der Waals surface area contributed by atoms with Crippen LogP contribution < -0.4 is 9.21 Å². The Kier molecular flexibility index (Phi) is 5.96. The van der Waals surface area contributed by atoms with Crippen LogP contribution in [0.3, 0.4) is 0 Å². The summed E-state index contributed by atoms with van der Waals surface area (Å²) in [5, 5.41) is 0.365. The highest BCUT2D eigenvalue weighted by molar-refractivity contribution is 7.99. The summed E-state index contributed by atoms with van der Waals surface area (Å²) in [4.78, 5) is 23.5. The average Bonchev–Trinajstić information content (AvgIpc) is 2.77. The van der Waals surface area contributed by atoms with E-state index in [4.69, 9.17) is 0 Å². The maximum atomic E-state index is 12.9. The molecule has 0 N–H and O–H groups in total. The third-order valence-corrected chi connectivity index (χ3v) is 7.99. The molecule has 2 heterocycles. The summed E-state index contributed by atoms with van der Waals surface area (Å²) < 4.78 is 27.1. The summed E-state index contributed by atoms with van der Waals surface area (Å²) >= 11 is 1.20. The van der Waals surface area contributed by atoms with E-state index in [1.807, 2.05) is 57.2 Å². The van der Waals surface area contributed by atoms with E-state index in [2.05, 4.69) is 9.97 Å². The van der Waals surface area contributed by atoms with Crippen molar-refractivity contribution in [3.8, 4) is 11.3 Å². The Morgan fingerprint density at radius 3 is 2.59 bits per heavy atom. The molecular weight excluding hydrogens is 444 g/mol. The highest BCUT2D eigenvalue weighted by atomic mass is 32.2. The summed E-state index contributed by atoms with van der Waals surface area (Å²) in [5.74, 6) is 0.0847. The zero-order chi connectivity index (χ0) is 23.0. The Hall–Kier alpha value is -2.91. The number of aromatic nitrogens is 2. The molecule has 9 heteroatoms. The number of anilines is 2. The third-order valence-electron chi connectivity index (χ3n) is 5.37. The zero-order valence-corrected chi connectivity index (χ0v) is 20.0. The quantitative estimate of drug-likeness (QED) is 0.415. The number of carbonyl (C=O) groups is 1. The smallest absolute Gasteiger partial charge is 0.267 e. The molecule has 3 aromatic rings. The molecule has 7 nitrogen and oxygen atoms in total. The molecule has 0 radical (unpaired) electrons. The number of carbonyl (C=O) groups excluding carboxylic acids is 1. The molecule has 0 unspecified atom stereocenters. The number of hydrogen-bond acceptors (Lipinski definition) is 6. The monoisotopic (exact) mass is 468 g/mol. The Labute approximate surface area is 192 Å². The Bertz CT molecular complexity index is 1310. The summed E-state index contributed by atoms with van der Waals surface area (Å²) in [5.41, 5.74) is 4.62. The molecule has 1 aliphatic rings. The van der Waals surface area contributed by atoms with Crippen LogP contribution in [0, 0.1) is 13.8 Å². The average molecular weight is 469 g/mol. The number of aryl methyl sites for hydroxylation is 2. The molecule has 1 aromatic heterocycles. The van der Waals surface area contributed by atoms with Crippen molar-refractivity contribution in [3.63, 3.8) is 0 Å². The molecule has 0 atom stereocenters. The van der Waals surface area contributed by atoms with Gasteiger partial charge in [0.15, 0.2) is 5.16 Å². The van der Waals surface area contributed by atoms with Crippen LogP contribution in [-0.2, 0) is 14.8 Å². The number of benzene rings is 2. The zero-order valence-electron chi connectivity index (χ0n) is 18.4. The summed E-state index contributed by atoms with van der Waals surface area (Å²) in [6, 6.07) is 13.4. The van der Waals surface area contributed by atoms with Crippen LogP contribution in [0.1, 0.15) is 18.1 Å². The van der Waals surface area contributed by atoms with Crippen molar-refractivity contribution in [2.24, 2.45) is 0 Å². The van der Waals surface area contributed by atoms with Crippen molar-refractivity contribution in [1.29, 1.82) is 0 Å². The standard InChI is InChI=1S/C23H24N4O3S2/c1-5-27(17-8-6-7-15(2)11-17)21(28)14-31-23-24-13-20-22(25-23)18-12-16(3)9-10-19(18)26(4)32(20,29)30/h6-13H,5,14H2,1-4H3. The highest BCUT2D eigenvalue weighted by Gasteiger charge is 2.34. The van der Waals surface area contributed by atoms with Gasteiger partial charge < -0.3 is 4.90 Å². The van der Waals surface area contributed by atoms with E-state index in [1.165, 1.54) is 29.3 Å². The van der Waals surface area contributed by atoms with Gasteiger partial charge in [-0.3, -0.25) is 9.10 Å². The lowest BCUT2D eigenvalue weighted by atomic mass is 10.1. The first kappa shape index (κ1) is 22.3. The Morgan fingerprint density at radius 2 is 1.88 bits per heavy atom. The first-order chi connectivity index (χ1) is 15.2. The second kappa shape index (κ2) is 8.55. The molecule has 0 spiro atoms. The lowest BCUT2D eigenvalue weighted by Crippen LogP contribution is -2.32. The van der Waals surface area contributed by atoms with E-state index < -0.39 is 10.0 Å². The van der Waals surface area contributed by atoms with Gasteiger partial charge in [-0.1, -0.05) is 35.5 Å². The number of rotatable bonds is 5. The van der Waals surface area contributed by atoms with Gasteiger partial charge in [0.05, 0.1) is 23.3 Å². The van der Waals surface area contributed by atoms with Gasteiger partial charge in [0.1, 0.15) is 4.90 Å². The molecule has 0 fully saturated rings. The van der Waals surface area contributed by atoms with Gasteiger partial charge in [-0.25, -0.2) is 18.4 Å². The Morgan fingerprint density at radius 1 is 1.12 bits per heavy atom. The number of fused-ring (bicyclic) bond motifs is 3. The van der Waals surface area contributed by atoms with Crippen molar-refractivity contribution in [2.75, 3.05) is 28.6 Å². The second-order valence-corrected chi connectivity index (χ2v) is 10.5. The minimum atomic E-state index is -3.73. The molecule has 4 rings (SSSR count). The highest BCUT2D eigenvalue weighted by Crippen LogP contribution is 2.41. The molecular formula is C23H24N4O3S2. The summed E-state index contributed by atoms with van der Waals surface area (Å²) in [7, 11) is -2.20. The van der Waals surface area contributed by atoms with Gasteiger partial charge in [0.2, 0.25) is 5.91 Å². The largest absolute Gasteiger partial charge is 0.312 e. The first-order valence-corrected chi connectivity index (χ1v) is 12.6. The fourth-order valence-corrected chi connectivity index (χ4v) is 5.69. The summed E-state index contributed by atoms with van der Waals surface area (Å²) in [6.07, 6.45) is 1.34. The lowest BCUT2D eigenvalue weighted by molar-refractivity contribution is -0.116. The fraction of sp³-hybridized carbons (Fsp3) is 0.261. The second-order valence-electron chi connectivity index (χ2n) is 7.62. The van der Waals surface area contributed by atoms with Gasteiger partial charge in [0, 0.05) is 24.8 Å². The van der Waals surface area contributed by atoms with Crippen molar-refractivity contribution >= 4 is 39.1 Å². The van der Waals surface area contributed by atoms with Crippen LogP contribution in [0.25, 0.3) is 11.3 Å². The van der Waals surface area contributed by atoms with Crippen molar-refractivity contribution in [2.45, 2.75) is 30.8 Å². The lowest BCUT2D eigenvalue weighted by Gasteiger charge is -2.28. The van der Waals surface area contributed by atoms with Gasteiger partial charge in [0.25, 0.3) is 10.0 Å². The van der Waals surface area contributed by atoms with Crippen LogP contribution >= 0.6 is 11.8 Å². The third kappa shape index (κ3) is 3.98. The van der Waals surface area contributed by atoms with Gasteiger partial charge in [-0.2, -0.15) is 0 Å². The van der Waals surface area contributed by atoms with Crippen LogP contribution in [-0.4, -0.2) is 43.6 Å². The van der Waals surface area contributed by atoms with Crippen molar-refractivity contribution in [1.82, 2.24) is 9.97 Å². The maximum Gasteiger partial charge on any atom is 0.267 e. The minimum Gasteiger partial charge on any atom is -0.312 e. The van der Waals surface area contributed by atoms with E-state index >= 15 is 0 Å². The number of amides is 1. The van der Waals surface area contributed by atoms with E-state index in [-0.39, 0.29) is 16.6 Å². The minimum absolute atomic E-state index is 0.0620. The molecule has 0 bridgehead atoms. The van der Waals surface area contributed by atoms with E-state index in [0.717, 1.165) is 22.4 Å². The van der Waals surface area contributed by atoms with Gasteiger partial charge in [-0.05, 0) is 50.6 Å². The van der Waals surface area contributed by atoms with Crippen molar-refractivity contribution < 1.29 is 13.2 Å². The predicted octanol–water partition coefficient (Wildman–Crippen LogP) is 4.04. The van der Waals surface area contributed by atoms with Crippen LogP contribution in [0.4, 0.5) is 11.4 Å². The van der Waals surface area contributed by atoms with Crippen LogP contribution in [0.15, 0.2) is 58.7 Å². The van der Waals surface area contributed by atoms with Gasteiger partial charge >= 0.3 is 0 Å². The molecule has 0 saturated carbocycles. The van der Waals surface area contributed by atoms with E-state index in [0.29, 0.717) is 23.1 Å². The summed E-state index contributed by atoms with van der Waals surface area (Å²) in [6.45, 7) is 6.41. The van der Waals surface area contributed by atoms with E-state index in [1.54, 1.807) is 11.0 Å². The molecule has 0 saturated heterocycles. The maximum absolute atomic E-state index is 12.9. The molecule has 2 aromatic carbocycles. The topological polar surface area (TPSA) is 83.5 Å².